The molecule has 0 amide bonds. The fourth-order valence-corrected chi connectivity index (χ4v) is 1.17. The predicted molar refractivity (Wildman–Crippen MR) is 52.3 cm³/mol. The molecule has 0 bridgehead atoms. The molecule has 1 aromatic heterocycles. The van der Waals surface area contributed by atoms with Crippen molar-refractivity contribution in [2.24, 2.45) is 0 Å². The summed E-state index contributed by atoms with van der Waals surface area (Å²) < 4.78 is 0. The molecule has 0 aliphatic heterocycles. The number of nitrogens with zero attached hydrogens (tertiary/aromatic N) is 3. The van der Waals surface area contributed by atoms with E-state index in [4.69, 9.17) is 5.26 Å². The SMILES string of the molecule is N#Cc1cc([N+](=O)[O-])cnc1NC1CC1. The zero-order valence-electron chi connectivity index (χ0n) is 7.80. The molecule has 15 heavy (non-hydrogen) atoms. The summed E-state index contributed by atoms with van der Waals surface area (Å²) in [7, 11) is 0. The van der Waals surface area contributed by atoms with E-state index in [2.05, 4.69) is 10.3 Å². The van der Waals surface area contributed by atoms with E-state index in [9.17, 15) is 10.1 Å². The summed E-state index contributed by atoms with van der Waals surface area (Å²) in [6.45, 7) is 0. The van der Waals surface area contributed by atoms with E-state index in [1.165, 1.54) is 6.07 Å². The number of anilines is 1. The third-order valence-corrected chi connectivity index (χ3v) is 2.12. The Kier molecular flexibility index (Phi) is 2.21. The van der Waals surface area contributed by atoms with Gasteiger partial charge in [0.1, 0.15) is 23.6 Å². The van der Waals surface area contributed by atoms with Crippen LogP contribution < -0.4 is 5.32 Å². The Morgan fingerprint density at radius 3 is 2.93 bits per heavy atom. The standard InChI is InChI=1S/C9H8N4O2/c10-4-6-3-8(13(14)15)5-11-9(6)12-7-1-2-7/h3,5,7H,1-2H2,(H,11,12). The van der Waals surface area contributed by atoms with Gasteiger partial charge in [0.25, 0.3) is 5.69 Å². The number of hydrogen-bond donors (Lipinski definition) is 1. The molecule has 1 N–H and O–H groups in total. The summed E-state index contributed by atoms with van der Waals surface area (Å²) in [6.07, 6.45) is 3.28. The highest BCUT2D eigenvalue weighted by Gasteiger charge is 2.23. The lowest BCUT2D eigenvalue weighted by Gasteiger charge is -2.04. The van der Waals surface area contributed by atoms with Gasteiger partial charge >= 0.3 is 0 Å². The van der Waals surface area contributed by atoms with Crippen LogP contribution in [0.1, 0.15) is 18.4 Å². The van der Waals surface area contributed by atoms with Crippen LogP contribution in [0.3, 0.4) is 0 Å². The number of nitriles is 1. The molecule has 0 saturated heterocycles. The lowest BCUT2D eigenvalue weighted by Crippen LogP contribution is -2.05. The Morgan fingerprint density at radius 1 is 1.67 bits per heavy atom. The van der Waals surface area contributed by atoms with E-state index in [0.29, 0.717) is 11.9 Å². The van der Waals surface area contributed by atoms with Crippen LogP contribution in [0.5, 0.6) is 0 Å². The summed E-state index contributed by atoms with van der Waals surface area (Å²) in [5.41, 5.74) is 0.0593. The van der Waals surface area contributed by atoms with Gasteiger partial charge in [0.05, 0.1) is 4.92 Å². The first kappa shape index (κ1) is 9.40. The topological polar surface area (TPSA) is 91.8 Å². The number of nitrogens with one attached hydrogen (secondary N) is 1. The van der Waals surface area contributed by atoms with Gasteiger partial charge in [0.2, 0.25) is 0 Å². The van der Waals surface area contributed by atoms with Crippen LogP contribution in [0.4, 0.5) is 11.5 Å². The number of pyridine rings is 1. The van der Waals surface area contributed by atoms with Crippen molar-refractivity contribution in [1.29, 1.82) is 5.26 Å². The Balaban J connectivity index is 2.30. The molecule has 1 aliphatic carbocycles. The van der Waals surface area contributed by atoms with Gasteiger partial charge in [-0.2, -0.15) is 5.26 Å². The van der Waals surface area contributed by atoms with Crippen molar-refractivity contribution in [1.82, 2.24) is 4.98 Å². The zero-order chi connectivity index (χ0) is 10.8. The second-order valence-corrected chi connectivity index (χ2v) is 3.38. The molecule has 6 heteroatoms. The van der Waals surface area contributed by atoms with Gasteiger partial charge in [0.15, 0.2) is 0 Å². The van der Waals surface area contributed by atoms with Gasteiger partial charge in [-0.15, -0.1) is 0 Å². The molecule has 0 spiro atoms. The van der Waals surface area contributed by atoms with Crippen LogP contribution in [0.25, 0.3) is 0 Å². The molecule has 76 valence electrons. The Morgan fingerprint density at radius 2 is 2.40 bits per heavy atom. The molecule has 0 unspecified atom stereocenters. The summed E-state index contributed by atoms with van der Waals surface area (Å²) >= 11 is 0. The Hall–Kier alpha value is -2.16. The lowest BCUT2D eigenvalue weighted by molar-refractivity contribution is -0.385. The predicted octanol–water partition coefficient (Wildman–Crippen LogP) is 1.44. The zero-order valence-corrected chi connectivity index (χ0v) is 7.80. The maximum absolute atomic E-state index is 10.5. The van der Waals surface area contributed by atoms with Gasteiger partial charge in [-0.25, -0.2) is 4.98 Å². The number of hydrogen-bond acceptors (Lipinski definition) is 5. The van der Waals surface area contributed by atoms with Crippen molar-refractivity contribution in [3.8, 4) is 6.07 Å². The highest BCUT2D eigenvalue weighted by atomic mass is 16.6. The molecule has 0 aromatic carbocycles. The van der Waals surface area contributed by atoms with Crippen molar-refractivity contribution < 1.29 is 4.92 Å². The summed E-state index contributed by atoms with van der Waals surface area (Å²) in [6, 6.07) is 3.50. The average molecular weight is 204 g/mol. The largest absolute Gasteiger partial charge is 0.366 e. The first-order valence-corrected chi connectivity index (χ1v) is 4.52. The smallest absolute Gasteiger partial charge is 0.289 e. The minimum Gasteiger partial charge on any atom is -0.366 e. The third-order valence-electron chi connectivity index (χ3n) is 2.12. The van der Waals surface area contributed by atoms with Gasteiger partial charge in [-0.05, 0) is 12.8 Å². The molecule has 1 saturated carbocycles. The monoisotopic (exact) mass is 204 g/mol. The van der Waals surface area contributed by atoms with Crippen LogP contribution in [0.15, 0.2) is 12.3 Å². The van der Waals surface area contributed by atoms with Crippen molar-refractivity contribution in [3.63, 3.8) is 0 Å². The fraction of sp³-hybridized carbons (Fsp3) is 0.333. The van der Waals surface area contributed by atoms with Crippen LogP contribution in [-0.2, 0) is 0 Å². The molecular formula is C9H8N4O2. The van der Waals surface area contributed by atoms with E-state index in [0.717, 1.165) is 19.0 Å². The van der Waals surface area contributed by atoms with Gasteiger partial charge in [-0.1, -0.05) is 0 Å². The van der Waals surface area contributed by atoms with E-state index in [-0.39, 0.29) is 11.3 Å². The van der Waals surface area contributed by atoms with Gasteiger partial charge in [-0.3, -0.25) is 10.1 Å². The minimum absolute atomic E-state index is 0.159. The van der Waals surface area contributed by atoms with E-state index >= 15 is 0 Å². The lowest BCUT2D eigenvalue weighted by atomic mass is 10.2. The molecule has 6 nitrogen and oxygen atoms in total. The summed E-state index contributed by atoms with van der Waals surface area (Å²) in [5, 5.41) is 22.3. The summed E-state index contributed by atoms with van der Waals surface area (Å²) in [4.78, 5) is 13.8. The maximum Gasteiger partial charge on any atom is 0.289 e. The molecule has 1 aromatic rings. The van der Waals surface area contributed by atoms with E-state index < -0.39 is 4.92 Å². The second-order valence-electron chi connectivity index (χ2n) is 3.38. The van der Waals surface area contributed by atoms with Crippen LogP contribution in [-0.4, -0.2) is 15.9 Å². The fourth-order valence-electron chi connectivity index (χ4n) is 1.17. The van der Waals surface area contributed by atoms with Crippen molar-refractivity contribution in [3.05, 3.63) is 27.9 Å². The van der Waals surface area contributed by atoms with E-state index in [1.54, 1.807) is 0 Å². The van der Waals surface area contributed by atoms with Crippen molar-refractivity contribution >= 4 is 11.5 Å². The van der Waals surface area contributed by atoms with Crippen LogP contribution in [0, 0.1) is 21.4 Å². The number of aromatic nitrogens is 1. The highest BCUT2D eigenvalue weighted by Crippen LogP contribution is 2.26. The van der Waals surface area contributed by atoms with E-state index in [1.807, 2.05) is 6.07 Å². The third kappa shape index (κ3) is 2.02. The molecular weight excluding hydrogens is 196 g/mol. The molecule has 0 radical (unpaired) electrons. The normalized spacial score (nSPS) is 14.3. The second kappa shape index (κ2) is 3.53. The maximum atomic E-state index is 10.5. The Labute approximate surface area is 85.7 Å². The molecule has 1 fully saturated rings. The Bertz CT molecular complexity index is 448. The van der Waals surface area contributed by atoms with Crippen molar-refractivity contribution in [2.75, 3.05) is 5.32 Å². The van der Waals surface area contributed by atoms with Gasteiger partial charge < -0.3 is 5.32 Å². The average Bonchev–Trinajstić information content (AvgIpc) is 3.02. The van der Waals surface area contributed by atoms with Crippen molar-refractivity contribution in [2.45, 2.75) is 18.9 Å². The highest BCUT2D eigenvalue weighted by molar-refractivity contribution is 5.56. The molecule has 1 aliphatic rings. The first-order chi connectivity index (χ1) is 7.20. The quantitative estimate of drug-likeness (QED) is 0.594. The summed E-state index contributed by atoms with van der Waals surface area (Å²) in [5.74, 6) is 0.436. The minimum atomic E-state index is -0.561. The number of nitro groups is 1. The molecule has 1 heterocycles. The van der Waals surface area contributed by atoms with Gasteiger partial charge in [0, 0.05) is 12.1 Å². The molecule has 2 rings (SSSR count). The van der Waals surface area contributed by atoms with Crippen LogP contribution in [0.2, 0.25) is 0 Å². The number of rotatable bonds is 3. The van der Waals surface area contributed by atoms with Crippen LogP contribution >= 0.6 is 0 Å². The molecule has 0 atom stereocenters. The first-order valence-electron chi connectivity index (χ1n) is 4.52.